The van der Waals surface area contributed by atoms with Crippen molar-refractivity contribution in [1.82, 2.24) is 0 Å². The Morgan fingerprint density at radius 2 is 2.27 bits per heavy atom. The van der Waals surface area contributed by atoms with Crippen LogP contribution in [-0.4, -0.2) is 24.9 Å². The minimum Gasteiger partial charge on any atom is -0.465 e. The molecule has 0 atom stereocenters. The maximum Gasteiger partial charge on any atom is 0.341 e. The Kier molecular flexibility index (Phi) is 4.11. The van der Waals surface area contributed by atoms with Crippen molar-refractivity contribution in [3.8, 4) is 0 Å². The number of anilines is 1. The van der Waals surface area contributed by atoms with Gasteiger partial charge in [-0.15, -0.1) is 22.9 Å². The van der Waals surface area contributed by atoms with Crippen LogP contribution in [0.2, 0.25) is 0 Å². The molecule has 0 unspecified atom stereocenters. The normalized spacial score (nSPS) is 9.80. The lowest BCUT2D eigenvalue weighted by Gasteiger charge is -2.04. The quantitative estimate of drug-likeness (QED) is 0.657. The zero-order valence-corrected chi connectivity index (χ0v) is 9.87. The molecule has 0 bridgehead atoms. The monoisotopic (exact) mass is 247 g/mol. The predicted octanol–water partition coefficient (Wildman–Crippen LogP) is 2.02. The molecule has 6 heteroatoms. The molecule has 1 rings (SSSR count). The van der Waals surface area contributed by atoms with Crippen LogP contribution in [-0.2, 0) is 9.53 Å². The number of methoxy groups -OCH3 is 1. The number of amides is 1. The maximum atomic E-state index is 11.4. The summed E-state index contributed by atoms with van der Waals surface area (Å²) < 4.78 is 4.61. The van der Waals surface area contributed by atoms with Gasteiger partial charge in [0.15, 0.2) is 0 Å². The van der Waals surface area contributed by atoms with Crippen molar-refractivity contribution >= 4 is 40.5 Å². The number of carbonyl (C=O) groups excluding carboxylic acids is 2. The summed E-state index contributed by atoms with van der Waals surface area (Å²) in [5, 5.41) is 4.22. The number of nitrogens with one attached hydrogen (secondary N) is 1. The number of carbonyl (C=O) groups is 2. The van der Waals surface area contributed by atoms with Crippen LogP contribution in [0.15, 0.2) is 5.38 Å². The van der Waals surface area contributed by atoms with Crippen molar-refractivity contribution in [3.05, 3.63) is 15.8 Å². The van der Waals surface area contributed by atoms with Gasteiger partial charge in [0.25, 0.3) is 0 Å². The van der Waals surface area contributed by atoms with Crippen LogP contribution in [0.25, 0.3) is 0 Å². The molecule has 0 saturated heterocycles. The van der Waals surface area contributed by atoms with Gasteiger partial charge in [0.2, 0.25) is 5.91 Å². The Labute approximate surface area is 96.2 Å². The lowest BCUT2D eigenvalue weighted by atomic mass is 10.2. The highest BCUT2D eigenvalue weighted by Gasteiger charge is 2.18. The highest BCUT2D eigenvalue weighted by molar-refractivity contribution is 7.10. The van der Waals surface area contributed by atoms with E-state index in [1.165, 1.54) is 18.4 Å². The summed E-state index contributed by atoms with van der Waals surface area (Å²) in [6, 6.07) is 0. The first-order valence-electron chi connectivity index (χ1n) is 4.12. The third kappa shape index (κ3) is 2.70. The summed E-state index contributed by atoms with van der Waals surface area (Å²) in [5.74, 6) is -0.951. The topological polar surface area (TPSA) is 55.4 Å². The van der Waals surface area contributed by atoms with E-state index in [-0.39, 0.29) is 11.8 Å². The number of esters is 1. The number of hydrogen-bond acceptors (Lipinski definition) is 4. The van der Waals surface area contributed by atoms with Gasteiger partial charge in [0.05, 0.1) is 18.4 Å². The van der Waals surface area contributed by atoms with Crippen molar-refractivity contribution in [2.75, 3.05) is 18.3 Å². The fraction of sp³-hybridized carbons (Fsp3) is 0.333. The molecule has 0 fully saturated rings. The molecule has 15 heavy (non-hydrogen) atoms. The van der Waals surface area contributed by atoms with E-state index < -0.39 is 5.97 Å². The first kappa shape index (κ1) is 12.0. The third-order valence-corrected chi connectivity index (χ3v) is 2.91. The zero-order valence-electron chi connectivity index (χ0n) is 8.30. The molecule has 0 aromatic carbocycles. The summed E-state index contributed by atoms with van der Waals surface area (Å²) >= 11 is 6.72. The number of thiophene rings is 1. The second-order valence-electron chi connectivity index (χ2n) is 2.75. The molecule has 0 spiro atoms. The Morgan fingerprint density at radius 3 is 2.80 bits per heavy atom. The lowest BCUT2D eigenvalue weighted by Crippen LogP contribution is -2.15. The van der Waals surface area contributed by atoms with Gasteiger partial charge in [0, 0.05) is 10.3 Å². The van der Waals surface area contributed by atoms with E-state index in [0.717, 1.165) is 4.88 Å². The SMILES string of the molecule is COC(=O)c1c(NC(=O)CCl)csc1C. The van der Waals surface area contributed by atoms with Gasteiger partial charge in [-0.2, -0.15) is 0 Å². The van der Waals surface area contributed by atoms with E-state index in [2.05, 4.69) is 10.1 Å². The van der Waals surface area contributed by atoms with Gasteiger partial charge >= 0.3 is 5.97 Å². The summed E-state index contributed by atoms with van der Waals surface area (Å²) in [6.45, 7) is 1.78. The van der Waals surface area contributed by atoms with Gasteiger partial charge in [0.1, 0.15) is 5.88 Å². The maximum absolute atomic E-state index is 11.4. The number of ether oxygens (including phenoxy) is 1. The first-order chi connectivity index (χ1) is 7.10. The molecular weight excluding hydrogens is 238 g/mol. The van der Waals surface area contributed by atoms with E-state index in [1.54, 1.807) is 12.3 Å². The molecular formula is C9H10ClNO3S. The minimum absolute atomic E-state index is 0.143. The molecule has 1 N–H and O–H groups in total. The van der Waals surface area contributed by atoms with Crippen molar-refractivity contribution in [1.29, 1.82) is 0 Å². The summed E-state index contributed by atoms with van der Waals surface area (Å²) in [6.07, 6.45) is 0. The predicted molar refractivity (Wildman–Crippen MR) is 59.7 cm³/mol. The second kappa shape index (κ2) is 5.14. The summed E-state index contributed by atoms with van der Waals surface area (Å²) in [4.78, 5) is 23.2. The Hall–Kier alpha value is -1.07. The van der Waals surface area contributed by atoms with Crippen LogP contribution in [0, 0.1) is 6.92 Å². The molecule has 1 aromatic rings. The van der Waals surface area contributed by atoms with Gasteiger partial charge in [-0.05, 0) is 6.92 Å². The molecule has 1 aromatic heterocycles. The Balaban J connectivity index is 2.98. The molecule has 1 amide bonds. The molecule has 0 radical (unpaired) electrons. The van der Waals surface area contributed by atoms with Gasteiger partial charge in [-0.25, -0.2) is 4.79 Å². The van der Waals surface area contributed by atoms with Crippen molar-refractivity contribution < 1.29 is 14.3 Å². The van der Waals surface area contributed by atoms with E-state index in [4.69, 9.17) is 11.6 Å². The fourth-order valence-corrected chi connectivity index (χ4v) is 1.94. The largest absolute Gasteiger partial charge is 0.465 e. The van der Waals surface area contributed by atoms with Gasteiger partial charge < -0.3 is 10.1 Å². The molecule has 1 heterocycles. The molecule has 82 valence electrons. The second-order valence-corrected chi connectivity index (χ2v) is 4.10. The highest BCUT2D eigenvalue weighted by atomic mass is 35.5. The van der Waals surface area contributed by atoms with Crippen molar-refractivity contribution in [3.63, 3.8) is 0 Å². The number of alkyl halides is 1. The lowest BCUT2D eigenvalue weighted by molar-refractivity contribution is -0.113. The van der Waals surface area contributed by atoms with E-state index in [0.29, 0.717) is 11.3 Å². The van der Waals surface area contributed by atoms with E-state index in [1.807, 2.05) is 0 Å². The standard InChI is InChI=1S/C9H10ClNO3S/c1-5-8(9(13)14-2)6(4-15-5)11-7(12)3-10/h4H,3H2,1-2H3,(H,11,12). The average Bonchev–Trinajstić information content (AvgIpc) is 2.58. The molecule has 0 aliphatic heterocycles. The van der Waals surface area contributed by atoms with Gasteiger partial charge in [-0.1, -0.05) is 0 Å². The van der Waals surface area contributed by atoms with Crippen molar-refractivity contribution in [2.45, 2.75) is 6.92 Å². The van der Waals surface area contributed by atoms with E-state index in [9.17, 15) is 9.59 Å². The summed E-state index contributed by atoms with van der Waals surface area (Å²) in [7, 11) is 1.30. The zero-order chi connectivity index (χ0) is 11.4. The minimum atomic E-state index is -0.460. The van der Waals surface area contributed by atoms with Crippen molar-refractivity contribution in [2.24, 2.45) is 0 Å². The van der Waals surface area contributed by atoms with Crippen LogP contribution in [0.5, 0.6) is 0 Å². The van der Waals surface area contributed by atoms with Crippen LogP contribution in [0.4, 0.5) is 5.69 Å². The Bertz CT molecular complexity index is 389. The number of hydrogen-bond donors (Lipinski definition) is 1. The average molecular weight is 248 g/mol. The first-order valence-corrected chi connectivity index (χ1v) is 5.53. The number of rotatable bonds is 3. The highest BCUT2D eigenvalue weighted by Crippen LogP contribution is 2.27. The fourth-order valence-electron chi connectivity index (χ4n) is 1.09. The third-order valence-electron chi connectivity index (χ3n) is 1.76. The van der Waals surface area contributed by atoms with Gasteiger partial charge in [-0.3, -0.25) is 4.79 Å². The Morgan fingerprint density at radius 1 is 1.60 bits per heavy atom. The molecule has 0 aliphatic rings. The molecule has 0 aliphatic carbocycles. The number of halogens is 1. The molecule has 0 saturated carbocycles. The molecule has 4 nitrogen and oxygen atoms in total. The van der Waals surface area contributed by atoms with Crippen LogP contribution < -0.4 is 5.32 Å². The van der Waals surface area contributed by atoms with Crippen LogP contribution >= 0.6 is 22.9 Å². The van der Waals surface area contributed by atoms with E-state index >= 15 is 0 Å². The van der Waals surface area contributed by atoms with Crippen LogP contribution in [0.3, 0.4) is 0 Å². The van der Waals surface area contributed by atoms with Crippen LogP contribution in [0.1, 0.15) is 15.2 Å². The smallest absolute Gasteiger partial charge is 0.341 e. The number of aryl methyl sites for hydroxylation is 1. The summed E-state index contributed by atoms with van der Waals surface area (Å²) in [5.41, 5.74) is 0.843.